The number of hydrogen-bond donors (Lipinski definition) is 1. The highest BCUT2D eigenvalue weighted by Crippen LogP contribution is 2.22. The predicted octanol–water partition coefficient (Wildman–Crippen LogP) is 2.60. The third kappa shape index (κ3) is 2.03. The summed E-state index contributed by atoms with van der Waals surface area (Å²) in [5.74, 6) is 0.886. The smallest absolute Gasteiger partial charge is 0.128 e. The van der Waals surface area contributed by atoms with E-state index in [2.05, 4.69) is 16.9 Å². The second kappa shape index (κ2) is 4.31. The fraction of sp³-hybridized carbons (Fsp3) is 0.231. The first kappa shape index (κ1) is 10.6. The minimum absolute atomic E-state index is 0.771. The Balaban J connectivity index is 2.44. The number of anilines is 1. The molecule has 0 atom stereocenters. The molecule has 1 aromatic heterocycles. The molecule has 0 aliphatic heterocycles. The van der Waals surface area contributed by atoms with Crippen molar-refractivity contribution in [2.75, 3.05) is 5.73 Å². The Bertz CT molecular complexity index is 489. The van der Waals surface area contributed by atoms with Crippen molar-refractivity contribution < 1.29 is 0 Å². The van der Waals surface area contributed by atoms with Gasteiger partial charge in [0.25, 0.3) is 0 Å². The molecule has 3 heteroatoms. The molecule has 0 amide bonds. The molecule has 0 saturated heterocycles. The van der Waals surface area contributed by atoms with Crippen LogP contribution in [0, 0.1) is 6.92 Å². The average Bonchev–Trinajstić information content (AvgIpc) is 2.30. The normalized spacial score (nSPS) is 10.4. The molecule has 2 aromatic rings. The lowest BCUT2D eigenvalue weighted by atomic mass is 10.1. The van der Waals surface area contributed by atoms with E-state index in [1.165, 1.54) is 0 Å². The maximum absolute atomic E-state index is 5.66. The summed E-state index contributed by atoms with van der Waals surface area (Å²) in [5.41, 5.74) is 9.61. The molecule has 16 heavy (non-hydrogen) atoms. The Hall–Kier alpha value is -1.90. The van der Waals surface area contributed by atoms with Crippen LogP contribution in [0.4, 0.5) is 5.69 Å². The van der Waals surface area contributed by atoms with Gasteiger partial charge in [0.15, 0.2) is 0 Å². The van der Waals surface area contributed by atoms with E-state index in [1.54, 1.807) is 0 Å². The summed E-state index contributed by atoms with van der Waals surface area (Å²) in [5, 5.41) is 0. The molecule has 1 heterocycles. The molecule has 0 unspecified atom stereocenters. The van der Waals surface area contributed by atoms with Crippen LogP contribution in [-0.2, 0) is 6.42 Å². The quantitative estimate of drug-likeness (QED) is 0.780. The van der Waals surface area contributed by atoms with Gasteiger partial charge in [-0.15, -0.1) is 0 Å². The Labute approximate surface area is 95.4 Å². The molecule has 2 rings (SSSR count). The van der Waals surface area contributed by atoms with Crippen molar-refractivity contribution in [3.05, 3.63) is 42.0 Å². The van der Waals surface area contributed by atoms with Crippen molar-refractivity contribution >= 4 is 5.69 Å². The van der Waals surface area contributed by atoms with Crippen LogP contribution in [0.15, 0.2) is 30.5 Å². The van der Waals surface area contributed by atoms with Crippen LogP contribution in [0.3, 0.4) is 0 Å². The lowest BCUT2D eigenvalue weighted by Crippen LogP contribution is -1.97. The summed E-state index contributed by atoms with van der Waals surface area (Å²) in [6.45, 7) is 4.06. The summed E-state index contributed by atoms with van der Waals surface area (Å²) >= 11 is 0. The van der Waals surface area contributed by atoms with Crippen LogP contribution >= 0.6 is 0 Å². The van der Waals surface area contributed by atoms with E-state index in [9.17, 15) is 0 Å². The van der Waals surface area contributed by atoms with Gasteiger partial charge >= 0.3 is 0 Å². The molecule has 3 nitrogen and oxygen atoms in total. The highest BCUT2D eigenvalue weighted by molar-refractivity contribution is 5.66. The first-order valence-corrected chi connectivity index (χ1v) is 5.39. The van der Waals surface area contributed by atoms with Gasteiger partial charge in [0.1, 0.15) is 5.82 Å². The number of aryl methyl sites for hydroxylation is 2. The number of aromatic nitrogens is 2. The van der Waals surface area contributed by atoms with Crippen molar-refractivity contribution in [3.8, 4) is 11.1 Å². The maximum Gasteiger partial charge on any atom is 0.128 e. The van der Waals surface area contributed by atoms with Gasteiger partial charge < -0.3 is 5.73 Å². The molecule has 0 bridgehead atoms. The molecule has 0 radical (unpaired) electrons. The molecule has 0 aliphatic carbocycles. The van der Waals surface area contributed by atoms with Crippen molar-refractivity contribution in [1.29, 1.82) is 0 Å². The Morgan fingerprint density at radius 1 is 1.19 bits per heavy atom. The van der Waals surface area contributed by atoms with E-state index in [0.29, 0.717) is 0 Å². The van der Waals surface area contributed by atoms with Gasteiger partial charge in [0, 0.05) is 29.6 Å². The first-order chi connectivity index (χ1) is 7.70. The van der Waals surface area contributed by atoms with E-state index in [1.807, 2.05) is 37.4 Å². The van der Waals surface area contributed by atoms with Crippen LogP contribution in [0.2, 0.25) is 0 Å². The zero-order valence-electron chi connectivity index (χ0n) is 9.57. The highest BCUT2D eigenvalue weighted by Gasteiger charge is 2.04. The van der Waals surface area contributed by atoms with E-state index in [4.69, 9.17) is 5.73 Å². The van der Waals surface area contributed by atoms with Gasteiger partial charge in [-0.2, -0.15) is 0 Å². The van der Waals surface area contributed by atoms with Crippen molar-refractivity contribution in [2.24, 2.45) is 0 Å². The molecule has 0 fully saturated rings. The number of hydrogen-bond acceptors (Lipinski definition) is 3. The summed E-state index contributed by atoms with van der Waals surface area (Å²) in [6.07, 6.45) is 2.75. The van der Waals surface area contributed by atoms with Gasteiger partial charge in [-0.1, -0.05) is 19.1 Å². The Morgan fingerprint density at radius 3 is 2.44 bits per heavy atom. The zero-order valence-corrected chi connectivity index (χ0v) is 9.57. The SMILES string of the molecule is CCc1ncc(-c2ccc(N)cc2)c(C)n1. The number of rotatable bonds is 2. The van der Waals surface area contributed by atoms with Gasteiger partial charge in [-0.05, 0) is 24.6 Å². The second-order valence-electron chi connectivity index (χ2n) is 3.76. The summed E-state index contributed by atoms with van der Waals surface area (Å²) in [7, 11) is 0. The summed E-state index contributed by atoms with van der Waals surface area (Å²) in [4.78, 5) is 8.76. The molecule has 2 N–H and O–H groups in total. The van der Waals surface area contributed by atoms with Crippen molar-refractivity contribution in [2.45, 2.75) is 20.3 Å². The highest BCUT2D eigenvalue weighted by atomic mass is 14.9. The molecule has 1 aromatic carbocycles. The van der Waals surface area contributed by atoms with Gasteiger partial charge in [0.05, 0.1) is 0 Å². The largest absolute Gasteiger partial charge is 0.399 e. The average molecular weight is 213 g/mol. The maximum atomic E-state index is 5.66. The number of nitrogens with two attached hydrogens (primary N) is 1. The van der Waals surface area contributed by atoms with E-state index in [0.717, 1.165) is 34.8 Å². The Morgan fingerprint density at radius 2 is 1.88 bits per heavy atom. The van der Waals surface area contributed by atoms with Gasteiger partial charge in [-0.3, -0.25) is 0 Å². The van der Waals surface area contributed by atoms with Crippen molar-refractivity contribution in [3.63, 3.8) is 0 Å². The summed E-state index contributed by atoms with van der Waals surface area (Å²) < 4.78 is 0. The van der Waals surface area contributed by atoms with Crippen LogP contribution in [0.25, 0.3) is 11.1 Å². The fourth-order valence-corrected chi connectivity index (χ4v) is 1.63. The Kier molecular flexibility index (Phi) is 2.86. The van der Waals surface area contributed by atoms with Crippen LogP contribution in [-0.4, -0.2) is 9.97 Å². The third-order valence-electron chi connectivity index (χ3n) is 2.57. The van der Waals surface area contributed by atoms with Gasteiger partial charge in [0.2, 0.25) is 0 Å². The van der Waals surface area contributed by atoms with Crippen molar-refractivity contribution in [1.82, 2.24) is 9.97 Å². The predicted molar refractivity (Wildman–Crippen MR) is 66.0 cm³/mol. The monoisotopic (exact) mass is 213 g/mol. The van der Waals surface area contributed by atoms with E-state index >= 15 is 0 Å². The molecule has 0 spiro atoms. The van der Waals surface area contributed by atoms with Gasteiger partial charge in [-0.25, -0.2) is 9.97 Å². The number of nitrogens with zero attached hydrogens (tertiary/aromatic N) is 2. The minimum atomic E-state index is 0.771. The lowest BCUT2D eigenvalue weighted by Gasteiger charge is -2.06. The number of benzene rings is 1. The molecule has 82 valence electrons. The molecule has 0 aliphatic rings. The first-order valence-electron chi connectivity index (χ1n) is 5.39. The van der Waals surface area contributed by atoms with E-state index < -0.39 is 0 Å². The molecular formula is C13H15N3. The molecular weight excluding hydrogens is 198 g/mol. The summed E-state index contributed by atoms with van der Waals surface area (Å²) in [6, 6.07) is 7.77. The standard InChI is InChI=1S/C13H15N3/c1-3-13-15-8-12(9(2)16-13)10-4-6-11(14)7-5-10/h4-8H,3,14H2,1-2H3. The topological polar surface area (TPSA) is 51.8 Å². The third-order valence-corrected chi connectivity index (χ3v) is 2.57. The zero-order chi connectivity index (χ0) is 11.5. The van der Waals surface area contributed by atoms with Crippen LogP contribution in [0.5, 0.6) is 0 Å². The second-order valence-corrected chi connectivity index (χ2v) is 3.76. The van der Waals surface area contributed by atoms with Crippen LogP contribution in [0.1, 0.15) is 18.4 Å². The fourth-order valence-electron chi connectivity index (χ4n) is 1.63. The van der Waals surface area contributed by atoms with E-state index in [-0.39, 0.29) is 0 Å². The molecule has 0 saturated carbocycles. The lowest BCUT2D eigenvalue weighted by molar-refractivity contribution is 0.920. The minimum Gasteiger partial charge on any atom is -0.399 e. The van der Waals surface area contributed by atoms with Crippen LogP contribution < -0.4 is 5.73 Å². The number of nitrogen functional groups attached to an aromatic ring is 1.